The van der Waals surface area contributed by atoms with Gasteiger partial charge in [-0.2, -0.15) is 0 Å². The van der Waals surface area contributed by atoms with Crippen LogP contribution in [0.25, 0.3) is 0 Å². The number of nitrogens with one attached hydrogen (secondary N) is 1. The summed E-state index contributed by atoms with van der Waals surface area (Å²) in [6.45, 7) is 0.167. The number of benzene rings is 3. The Kier molecular flexibility index (Phi) is 11.1. The first kappa shape index (κ1) is 31.2. The van der Waals surface area contributed by atoms with E-state index < -0.39 is 21.9 Å². The van der Waals surface area contributed by atoms with Crippen molar-refractivity contribution in [3.05, 3.63) is 102 Å². The molecule has 224 valence electrons. The second kappa shape index (κ2) is 15.0. The lowest BCUT2D eigenvalue weighted by Crippen LogP contribution is -2.52. The van der Waals surface area contributed by atoms with Gasteiger partial charge in [0, 0.05) is 32.0 Å². The first-order valence-electron chi connectivity index (χ1n) is 14.6. The number of para-hydroxylation sites is 1. The summed E-state index contributed by atoms with van der Waals surface area (Å²) >= 11 is 0. The Bertz CT molecular complexity index is 1410. The van der Waals surface area contributed by atoms with Gasteiger partial charge < -0.3 is 10.2 Å². The number of rotatable bonds is 13. The zero-order chi connectivity index (χ0) is 30.0. The average Bonchev–Trinajstić information content (AvgIpc) is 2.98. The number of sulfonamides is 1. The maximum absolute atomic E-state index is 14.5. The number of hydrogen-bond donors (Lipinski definition) is 1. The molecule has 42 heavy (non-hydrogen) atoms. The summed E-state index contributed by atoms with van der Waals surface area (Å²) < 4.78 is 40.6. The number of anilines is 1. The van der Waals surface area contributed by atoms with Crippen LogP contribution >= 0.6 is 0 Å². The Hall–Kier alpha value is -3.72. The quantitative estimate of drug-likeness (QED) is 0.285. The molecule has 9 heteroatoms. The van der Waals surface area contributed by atoms with Gasteiger partial charge in [0.1, 0.15) is 11.9 Å². The molecule has 1 saturated carbocycles. The smallest absolute Gasteiger partial charge is 0.243 e. The lowest BCUT2D eigenvalue weighted by molar-refractivity contribution is -0.141. The number of carbonyl (C=O) groups excluding carboxylic acids is 2. The fourth-order valence-electron chi connectivity index (χ4n) is 5.51. The van der Waals surface area contributed by atoms with Crippen LogP contribution < -0.4 is 9.62 Å². The molecule has 1 fully saturated rings. The van der Waals surface area contributed by atoms with E-state index in [9.17, 15) is 22.4 Å². The molecule has 4 rings (SSSR count). The molecular formula is C33H40FN3O4S. The first-order chi connectivity index (χ1) is 20.2. The van der Waals surface area contributed by atoms with Crippen LogP contribution in [0.5, 0.6) is 0 Å². The van der Waals surface area contributed by atoms with Crippen LogP contribution in [0.1, 0.15) is 56.1 Å². The lowest BCUT2D eigenvalue weighted by atomic mass is 9.94. The standard InChI is InChI=1S/C33H40FN3O4S/c1-42(40,41)37(30-21-12-11-20-29(30)34)23-13-22-32(38)36(25-27-16-7-3-8-17-27)31(24-26-14-5-2-6-15-26)33(39)35-28-18-9-4-10-19-28/h2-3,5-8,11-12,14-17,20-21,28,31H,4,9-10,13,18-19,22-25H2,1H3,(H,35,39). The number of halogens is 1. The minimum absolute atomic E-state index is 0.00466. The van der Waals surface area contributed by atoms with Crippen LogP contribution in [-0.4, -0.2) is 50.0 Å². The maximum atomic E-state index is 14.5. The van der Waals surface area contributed by atoms with Crippen molar-refractivity contribution in [3.63, 3.8) is 0 Å². The second-order valence-electron chi connectivity index (χ2n) is 10.9. The van der Waals surface area contributed by atoms with Gasteiger partial charge in [-0.05, 0) is 42.5 Å². The fraction of sp³-hybridized carbons (Fsp3) is 0.394. The Morgan fingerprint density at radius 3 is 2.10 bits per heavy atom. The van der Waals surface area contributed by atoms with Crippen molar-refractivity contribution in [2.45, 2.75) is 70.0 Å². The van der Waals surface area contributed by atoms with Gasteiger partial charge in [-0.1, -0.05) is 92.1 Å². The minimum Gasteiger partial charge on any atom is -0.352 e. The predicted molar refractivity (Wildman–Crippen MR) is 164 cm³/mol. The summed E-state index contributed by atoms with van der Waals surface area (Å²) in [5.41, 5.74) is 1.77. The van der Waals surface area contributed by atoms with Crippen molar-refractivity contribution in [2.24, 2.45) is 0 Å². The highest BCUT2D eigenvalue weighted by Gasteiger charge is 2.32. The SMILES string of the molecule is CS(=O)(=O)N(CCCC(=O)N(Cc1ccccc1)C(Cc1ccccc1)C(=O)NC1CCCCC1)c1ccccc1F. The summed E-state index contributed by atoms with van der Waals surface area (Å²) in [7, 11) is -3.79. The van der Waals surface area contributed by atoms with E-state index in [2.05, 4.69) is 5.32 Å². The average molecular weight is 594 g/mol. The molecular weight excluding hydrogens is 553 g/mol. The van der Waals surface area contributed by atoms with Crippen molar-refractivity contribution in [3.8, 4) is 0 Å². The van der Waals surface area contributed by atoms with Crippen LogP contribution in [-0.2, 0) is 32.6 Å². The van der Waals surface area contributed by atoms with Gasteiger partial charge in [-0.15, -0.1) is 0 Å². The summed E-state index contributed by atoms with van der Waals surface area (Å²) in [6, 6.07) is 24.2. The zero-order valence-electron chi connectivity index (χ0n) is 24.1. The third kappa shape index (κ3) is 8.89. The van der Waals surface area contributed by atoms with E-state index in [1.165, 1.54) is 18.2 Å². The molecule has 2 amide bonds. The van der Waals surface area contributed by atoms with E-state index in [0.717, 1.165) is 53.8 Å². The molecule has 0 saturated heterocycles. The van der Waals surface area contributed by atoms with Crippen molar-refractivity contribution < 1.29 is 22.4 Å². The number of hydrogen-bond acceptors (Lipinski definition) is 4. The van der Waals surface area contributed by atoms with Crippen LogP contribution in [0.4, 0.5) is 10.1 Å². The molecule has 7 nitrogen and oxygen atoms in total. The van der Waals surface area contributed by atoms with Gasteiger partial charge in [0.15, 0.2) is 0 Å². The van der Waals surface area contributed by atoms with Crippen LogP contribution in [0, 0.1) is 5.82 Å². The molecule has 1 unspecified atom stereocenters. The normalized spacial score (nSPS) is 14.6. The molecule has 1 aliphatic rings. The number of carbonyl (C=O) groups is 2. The highest BCUT2D eigenvalue weighted by molar-refractivity contribution is 7.92. The largest absolute Gasteiger partial charge is 0.352 e. The molecule has 3 aromatic rings. The lowest BCUT2D eigenvalue weighted by Gasteiger charge is -2.34. The summed E-state index contributed by atoms with van der Waals surface area (Å²) in [6.07, 6.45) is 6.68. The van der Waals surface area contributed by atoms with Gasteiger partial charge in [0.05, 0.1) is 11.9 Å². The number of amides is 2. The second-order valence-corrected chi connectivity index (χ2v) is 12.9. The molecule has 0 aliphatic heterocycles. The molecule has 3 aromatic carbocycles. The van der Waals surface area contributed by atoms with E-state index >= 15 is 0 Å². The minimum atomic E-state index is -3.79. The molecule has 0 radical (unpaired) electrons. The molecule has 1 aliphatic carbocycles. The molecule has 1 atom stereocenters. The zero-order valence-corrected chi connectivity index (χ0v) is 24.9. The molecule has 0 bridgehead atoms. The van der Waals surface area contributed by atoms with Gasteiger partial charge in [-0.3, -0.25) is 13.9 Å². The molecule has 0 aromatic heterocycles. The van der Waals surface area contributed by atoms with Gasteiger partial charge >= 0.3 is 0 Å². The third-order valence-electron chi connectivity index (χ3n) is 7.69. The first-order valence-corrected chi connectivity index (χ1v) is 16.5. The Morgan fingerprint density at radius 1 is 0.881 bits per heavy atom. The van der Waals surface area contributed by atoms with Gasteiger partial charge in [0.2, 0.25) is 21.8 Å². The highest BCUT2D eigenvalue weighted by atomic mass is 32.2. The predicted octanol–water partition coefficient (Wildman–Crippen LogP) is 5.46. The summed E-state index contributed by atoms with van der Waals surface area (Å²) in [5.74, 6) is -1.10. The van der Waals surface area contributed by atoms with Gasteiger partial charge in [0.25, 0.3) is 0 Å². The van der Waals surface area contributed by atoms with E-state index in [1.807, 2.05) is 60.7 Å². The van der Waals surface area contributed by atoms with Crippen LogP contribution in [0.3, 0.4) is 0 Å². The van der Waals surface area contributed by atoms with E-state index in [1.54, 1.807) is 11.0 Å². The van der Waals surface area contributed by atoms with E-state index in [-0.39, 0.29) is 49.5 Å². The summed E-state index contributed by atoms with van der Waals surface area (Å²) in [4.78, 5) is 29.4. The highest BCUT2D eigenvalue weighted by Crippen LogP contribution is 2.23. The molecule has 0 heterocycles. The number of nitrogens with zero attached hydrogens (tertiary/aromatic N) is 2. The van der Waals surface area contributed by atoms with Crippen molar-refractivity contribution >= 4 is 27.5 Å². The Balaban J connectivity index is 1.57. The summed E-state index contributed by atoms with van der Waals surface area (Å²) in [5, 5.41) is 3.22. The Labute approximate surface area is 248 Å². The van der Waals surface area contributed by atoms with Crippen molar-refractivity contribution in [2.75, 3.05) is 17.1 Å². The van der Waals surface area contributed by atoms with Crippen molar-refractivity contribution in [1.29, 1.82) is 0 Å². The fourth-order valence-corrected chi connectivity index (χ4v) is 6.48. The van der Waals surface area contributed by atoms with E-state index in [0.29, 0.717) is 6.42 Å². The van der Waals surface area contributed by atoms with Crippen LogP contribution in [0.2, 0.25) is 0 Å². The third-order valence-corrected chi connectivity index (χ3v) is 8.87. The topological polar surface area (TPSA) is 86.8 Å². The van der Waals surface area contributed by atoms with E-state index in [4.69, 9.17) is 0 Å². The molecule has 0 spiro atoms. The Morgan fingerprint density at radius 2 is 1.48 bits per heavy atom. The van der Waals surface area contributed by atoms with Crippen LogP contribution in [0.15, 0.2) is 84.9 Å². The molecule has 1 N–H and O–H groups in total. The maximum Gasteiger partial charge on any atom is 0.243 e. The monoisotopic (exact) mass is 593 g/mol. The van der Waals surface area contributed by atoms with Gasteiger partial charge in [-0.25, -0.2) is 12.8 Å². The van der Waals surface area contributed by atoms with Crippen molar-refractivity contribution in [1.82, 2.24) is 10.2 Å².